The molecule has 3 heterocycles. The van der Waals surface area contributed by atoms with Crippen LogP contribution in [-0.4, -0.2) is 13.1 Å². The number of nitriles is 1. The molecule has 0 unspecified atom stereocenters. The first kappa shape index (κ1) is 72.2. The molecule has 13 aromatic rings. The van der Waals surface area contributed by atoms with Crippen LogP contribution in [0.5, 0.6) is 0 Å². The molecular formula is C102H89N7O. The number of nitrogens with zero attached hydrogens (tertiary/aromatic N) is 7. The molecule has 0 atom stereocenters. The van der Waals surface area contributed by atoms with Gasteiger partial charge in [-0.1, -0.05) is 237 Å². The molecule has 0 N–H and O–H groups in total. The Kier molecular flexibility index (Phi) is 20.7. The van der Waals surface area contributed by atoms with Gasteiger partial charge in [0.05, 0.1) is 12.6 Å². The zero-order chi connectivity index (χ0) is 75.8. The van der Waals surface area contributed by atoms with E-state index < -0.39 is 0 Å². The fraction of sp³-hybridized carbons (Fsp3) is 0.137. The van der Waals surface area contributed by atoms with Crippen LogP contribution in [0.2, 0.25) is 0 Å². The number of benzene rings is 13. The topological polar surface area (TPSA) is 53.6 Å². The summed E-state index contributed by atoms with van der Waals surface area (Å²) < 4.78 is 6.20. The normalized spacial score (nSPS) is 14.4. The predicted molar refractivity (Wildman–Crippen MR) is 460 cm³/mol. The van der Waals surface area contributed by atoms with Crippen molar-refractivity contribution >= 4 is 80.0 Å². The summed E-state index contributed by atoms with van der Waals surface area (Å²) in [5.41, 5.74) is 26.4. The Hall–Kier alpha value is -13.4. The number of anilines is 13. The predicted octanol–water partition coefficient (Wildman–Crippen LogP) is 28.0. The van der Waals surface area contributed by atoms with Crippen molar-refractivity contribution < 1.29 is 4.74 Å². The Morgan fingerprint density at radius 2 is 0.636 bits per heavy atom. The van der Waals surface area contributed by atoms with Crippen LogP contribution in [0.4, 0.5) is 73.9 Å². The second-order valence-electron chi connectivity index (χ2n) is 30.6. The third-order valence-electron chi connectivity index (χ3n) is 21.2. The van der Waals surface area contributed by atoms with Crippen molar-refractivity contribution in [2.24, 2.45) is 5.41 Å². The molecule has 110 heavy (non-hydrogen) atoms. The van der Waals surface area contributed by atoms with Gasteiger partial charge in [0, 0.05) is 92.4 Å². The maximum absolute atomic E-state index is 9.41. The van der Waals surface area contributed by atoms with Gasteiger partial charge >= 0.3 is 0 Å². The lowest BCUT2D eigenvalue weighted by Gasteiger charge is -2.48. The monoisotopic (exact) mass is 1430 g/mol. The second-order valence-corrected chi connectivity index (χ2v) is 30.6. The SMILES string of the molecule is [C-]#[N+]/C(C#N)=C1C=C(/C=C/c2cc3c4c(c2)C(C)(C)CCN4CCC3(C)C)OC(C(C)(C)C)=C\1.c1ccc(N(c2ccccc2)c2ccc(-c3ccc(N(c4ccccc4)c4ccc(-c5ccc(N(c6ccccc6)c6ccc(-c7ccc(N(c8ccccc8)c8ccccc8)cc7)cc6)cc5)cc4)cc3)cc2)cc1. The summed E-state index contributed by atoms with van der Waals surface area (Å²) in [6, 6.07) is 123. The largest absolute Gasteiger partial charge is 0.461 e. The van der Waals surface area contributed by atoms with Crippen LogP contribution < -0.4 is 24.5 Å². The van der Waals surface area contributed by atoms with Crippen LogP contribution in [0.1, 0.15) is 78.0 Å². The maximum atomic E-state index is 9.41. The van der Waals surface area contributed by atoms with Crippen molar-refractivity contribution in [1.82, 2.24) is 0 Å². The molecule has 8 nitrogen and oxygen atoms in total. The van der Waals surface area contributed by atoms with Gasteiger partial charge in [-0.25, -0.2) is 10.1 Å². The number of ether oxygens (including phenoxy) is 1. The van der Waals surface area contributed by atoms with Gasteiger partial charge < -0.3 is 29.2 Å². The summed E-state index contributed by atoms with van der Waals surface area (Å²) in [4.78, 5) is 15.2. The standard InChI is InChI=1S/C72H54N4.C30H35N3O/c1-7-19-61(20-8-1)73(62-21-9-2-10-22-62)67-43-31-55(32-44-67)57-35-47-69(48-36-57)75(65-27-15-5-16-28-65)71-51-39-59(40-52-71)60-41-53-72(54-42-60)76(66-29-17-6-18-30-66)70-49-37-58(38-50-70)56-33-45-68(46-34-56)74(63-23-11-3-12-24-63)64-25-13-4-14-26-64;1-28(2,3)26-18-21(25(19-31)32-8)17-22(34-26)10-9-20-15-23-27-24(16-20)30(6,7)12-14-33(27)13-11-29(23,4)5/h1-54H;9-10,15-18H,11-14H2,1-7H3/b;10-9+,25-21+. The summed E-state index contributed by atoms with van der Waals surface area (Å²) in [5, 5.41) is 9.41. The zero-order valence-corrected chi connectivity index (χ0v) is 63.5. The van der Waals surface area contributed by atoms with Gasteiger partial charge in [-0.3, -0.25) is 0 Å². The van der Waals surface area contributed by atoms with E-state index in [9.17, 15) is 5.26 Å². The molecule has 13 aromatic carbocycles. The Labute approximate surface area is 649 Å². The minimum Gasteiger partial charge on any atom is -0.461 e. The molecule has 0 spiro atoms. The van der Waals surface area contributed by atoms with E-state index in [4.69, 9.17) is 11.3 Å². The maximum Gasteiger partial charge on any atom is 0.269 e. The Bertz CT molecular complexity index is 5170. The molecule has 16 rings (SSSR count). The van der Waals surface area contributed by atoms with Gasteiger partial charge in [0.1, 0.15) is 11.5 Å². The number of hydrogen-bond donors (Lipinski definition) is 0. The third kappa shape index (κ3) is 15.7. The van der Waals surface area contributed by atoms with Crippen molar-refractivity contribution in [3.05, 3.63) is 409 Å². The first-order valence-corrected chi connectivity index (χ1v) is 37.9. The Morgan fingerprint density at radius 1 is 0.382 bits per heavy atom. The van der Waals surface area contributed by atoms with E-state index in [0.29, 0.717) is 11.3 Å². The van der Waals surface area contributed by atoms with E-state index in [-0.39, 0.29) is 21.9 Å². The van der Waals surface area contributed by atoms with Crippen molar-refractivity contribution in [2.75, 3.05) is 37.6 Å². The molecule has 0 aromatic heterocycles. The first-order chi connectivity index (χ1) is 53.5. The van der Waals surface area contributed by atoms with Gasteiger partial charge in [0.15, 0.2) is 0 Å². The summed E-state index contributed by atoms with van der Waals surface area (Å²) in [6.45, 7) is 25.2. The van der Waals surface area contributed by atoms with E-state index in [2.05, 4.69) is 424 Å². The average Bonchev–Trinajstić information content (AvgIpc) is 0.728. The Morgan fingerprint density at radius 3 is 0.873 bits per heavy atom. The minimum absolute atomic E-state index is 0.0812. The zero-order valence-electron chi connectivity index (χ0n) is 63.5. The van der Waals surface area contributed by atoms with Crippen LogP contribution in [0.3, 0.4) is 0 Å². The van der Waals surface area contributed by atoms with E-state index in [1.54, 1.807) is 6.08 Å². The molecule has 3 aliphatic rings. The highest BCUT2D eigenvalue weighted by atomic mass is 16.5. The fourth-order valence-electron chi connectivity index (χ4n) is 15.1. The van der Waals surface area contributed by atoms with Crippen LogP contribution >= 0.6 is 0 Å². The quantitative estimate of drug-likeness (QED) is 0.0665. The van der Waals surface area contributed by atoms with Crippen molar-refractivity contribution in [3.63, 3.8) is 0 Å². The lowest BCUT2D eigenvalue weighted by atomic mass is 9.69. The lowest BCUT2D eigenvalue weighted by Crippen LogP contribution is -2.44. The molecule has 8 heteroatoms. The average molecular weight is 1430 g/mol. The van der Waals surface area contributed by atoms with E-state index >= 15 is 0 Å². The smallest absolute Gasteiger partial charge is 0.269 e. The van der Waals surface area contributed by atoms with Crippen LogP contribution in [0.25, 0.3) is 44.3 Å². The fourth-order valence-corrected chi connectivity index (χ4v) is 15.1. The van der Waals surface area contributed by atoms with Gasteiger partial charge in [-0.15, -0.1) is 0 Å². The second kappa shape index (κ2) is 31.6. The number of hydrogen-bond acceptors (Lipinski definition) is 7. The van der Waals surface area contributed by atoms with Gasteiger partial charge in [-0.2, -0.15) is 0 Å². The molecule has 0 radical (unpaired) electrons. The van der Waals surface area contributed by atoms with Crippen molar-refractivity contribution in [3.8, 4) is 39.4 Å². The molecule has 0 amide bonds. The summed E-state index contributed by atoms with van der Waals surface area (Å²) in [5.74, 6) is 1.39. The molecular weight excluding hydrogens is 1340 g/mol. The van der Waals surface area contributed by atoms with Crippen molar-refractivity contribution in [1.29, 1.82) is 5.26 Å². The van der Waals surface area contributed by atoms with Gasteiger partial charge in [0.25, 0.3) is 5.70 Å². The van der Waals surface area contributed by atoms with Crippen LogP contribution in [0.15, 0.2) is 381 Å². The Balaban J connectivity index is 0.000000236. The molecule has 0 aliphatic carbocycles. The highest BCUT2D eigenvalue weighted by molar-refractivity contribution is 5.85. The first-order valence-electron chi connectivity index (χ1n) is 37.9. The summed E-state index contributed by atoms with van der Waals surface area (Å²) >= 11 is 0. The van der Waals surface area contributed by atoms with Crippen LogP contribution in [0, 0.1) is 23.3 Å². The van der Waals surface area contributed by atoms with Gasteiger partial charge in [0.2, 0.25) is 0 Å². The number of allylic oxidation sites excluding steroid dienone is 6. The number of rotatable bonds is 17. The molecule has 3 aliphatic heterocycles. The molecule has 0 saturated carbocycles. The van der Waals surface area contributed by atoms with E-state index in [1.165, 1.54) is 16.8 Å². The minimum atomic E-state index is -0.241. The molecule has 0 fully saturated rings. The van der Waals surface area contributed by atoms with E-state index in [1.807, 2.05) is 18.2 Å². The van der Waals surface area contributed by atoms with Crippen LogP contribution in [-0.2, 0) is 15.6 Å². The molecule has 0 bridgehead atoms. The van der Waals surface area contributed by atoms with Crippen molar-refractivity contribution in [2.45, 2.75) is 72.1 Å². The third-order valence-corrected chi connectivity index (χ3v) is 21.2. The summed E-state index contributed by atoms with van der Waals surface area (Å²) in [7, 11) is 0. The molecule has 0 saturated heterocycles. The highest BCUT2D eigenvalue weighted by Gasteiger charge is 2.40. The van der Waals surface area contributed by atoms with E-state index in [0.717, 1.165) is 139 Å². The number of para-hydroxylation sites is 6. The highest BCUT2D eigenvalue weighted by Crippen LogP contribution is 2.51. The lowest BCUT2D eigenvalue weighted by molar-refractivity contribution is 0.223. The molecule has 538 valence electrons. The summed E-state index contributed by atoms with van der Waals surface area (Å²) in [6.07, 6.45) is 9.99. The van der Waals surface area contributed by atoms with Gasteiger partial charge in [-0.05, 0) is 255 Å².